The van der Waals surface area contributed by atoms with E-state index in [0.29, 0.717) is 23.8 Å². The van der Waals surface area contributed by atoms with Crippen LogP contribution in [0.15, 0.2) is 29.3 Å². The maximum Gasteiger partial charge on any atom is 0.243 e. The summed E-state index contributed by atoms with van der Waals surface area (Å²) >= 11 is 0. The van der Waals surface area contributed by atoms with Crippen LogP contribution in [0.25, 0.3) is 0 Å². The molecule has 0 aliphatic carbocycles. The Hall–Kier alpha value is -3.63. The highest BCUT2D eigenvalue weighted by molar-refractivity contribution is 5.95. The van der Waals surface area contributed by atoms with Gasteiger partial charge in [-0.2, -0.15) is 0 Å². The summed E-state index contributed by atoms with van der Waals surface area (Å²) in [5.41, 5.74) is 0.317. The van der Waals surface area contributed by atoms with Crippen molar-refractivity contribution < 1.29 is 32.2 Å². The summed E-state index contributed by atoms with van der Waals surface area (Å²) in [6, 6.07) is 5.16. The summed E-state index contributed by atoms with van der Waals surface area (Å²) < 4.78 is 55.8. The van der Waals surface area contributed by atoms with Gasteiger partial charge in [-0.25, -0.2) is 13.2 Å². The van der Waals surface area contributed by atoms with E-state index in [4.69, 9.17) is 14.2 Å². The van der Waals surface area contributed by atoms with Crippen molar-refractivity contribution in [2.24, 2.45) is 4.99 Å². The molecule has 0 aliphatic heterocycles. The summed E-state index contributed by atoms with van der Waals surface area (Å²) in [6.07, 6.45) is 0. The highest BCUT2D eigenvalue weighted by atomic mass is 19.2. The van der Waals surface area contributed by atoms with E-state index in [0.717, 1.165) is 17.7 Å². The highest BCUT2D eigenvalue weighted by Gasteiger charge is 2.16. The van der Waals surface area contributed by atoms with Crippen LogP contribution in [0.4, 0.5) is 18.9 Å². The number of guanidine groups is 1. The van der Waals surface area contributed by atoms with Gasteiger partial charge in [0.2, 0.25) is 11.7 Å². The molecule has 2 rings (SSSR count). The third-order valence-electron chi connectivity index (χ3n) is 4.13. The van der Waals surface area contributed by atoms with E-state index in [1.54, 1.807) is 12.1 Å². The Morgan fingerprint density at radius 1 is 0.968 bits per heavy atom. The van der Waals surface area contributed by atoms with Gasteiger partial charge in [0.1, 0.15) is 0 Å². The molecule has 0 spiro atoms. The molecular weight excluding hydrogens is 417 g/mol. The lowest BCUT2D eigenvalue weighted by Gasteiger charge is -2.16. The summed E-state index contributed by atoms with van der Waals surface area (Å²) in [5, 5.41) is 7.89. The summed E-state index contributed by atoms with van der Waals surface area (Å²) in [7, 11) is 6.01. The molecule has 0 aromatic heterocycles. The number of hydrogen-bond acceptors (Lipinski definition) is 5. The molecule has 0 fully saturated rings. The van der Waals surface area contributed by atoms with E-state index in [9.17, 15) is 18.0 Å². The third kappa shape index (κ3) is 5.93. The number of carbonyl (C=O) groups excluding carboxylic acids is 1. The second-order valence-corrected chi connectivity index (χ2v) is 6.08. The SMILES string of the molecule is CN=C(NCC(=O)Nc1ccc(F)c(F)c1F)NCc1cc(OC)c(OC)c(OC)c1. The molecule has 0 unspecified atom stereocenters. The fourth-order valence-electron chi connectivity index (χ4n) is 2.62. The number of amides is 1. The molecule has 0 atom stereocenters. The summed E-state index contributed by atoms with van der Waals surface area (Å²) in [5.74, 6) is -3.46. The van der Waals surface area contributed by atoms with Gasteiger partial charge in [0, 0.05) is 13.6 Å². The summed E-state index contributed by atoms with van der Waals surface area (Å²) in [4.78, 5) is 16.0. The zero-order valence-corrected chi connectivity index (χ0v) is 17.4. The number of hydrogen-bond donors (Lipinski definition) is 3. The molecule has 0 heterocycles. The van der Waals surface area contributed by atoms with Gasteiger partial charge < -0.3 is 30.2 Å². The van der Waals surface area contributed by atoms with E-state index in [1.807, 2.05) is 0 Å². The molecule has 3 N–H and O–H groups in total. The molecule has 0 bridgehead atoms. The molecule has 0 saturated carbocycles. The quantitative estimate of drug-likeness (QED) is 0.332. The van der Waals surface area contributed by atoms with Crippen LogP contribution in [0.2, 0.25) is 0 Å². The Kier molecular flexibility index (Phi) is 8.35. The Labute approximate surface area is 177 Å². The monoisotopic (exact) mass is 440 g/mol. The van der Waals surface area contributed by atoms with Gasteiger partial charge >= 0.3 is 0 Å². The van der Waals surface area contributed by atoms with Gasteiger partial charge in [-0.1, -0.05) is 0 Å². The number of aliphatic imine (C=N–C) groups is 1. The topological polar surface area (TPSA) is 93.2 Å². The molecular formula is C20H23F3N4O4. The number of anilines is 1. The van der Waals surface area contributed by atoms with Crippen LogP contribution in [0.1, 0.15) is 5.56 Å². The number of benzene rings is 2. The second kappa shape index (κ2) is 11.0. The van der Waals surface area contributed by atoms with Gasteiger partial charge in [-0.3, -0.25) is 9.79 Å². The number of halogens is 3. The number of methoxy groups -OCH3 is 3. The molecule has 2 aromatic rings. The molecule has 168 valence electrons. The first-order valence-corrected chi connectivity index (χ1v) is 9.01. The van der Waals surface area contributed by atoms with Crippen molar-refractivity contribution in [2.45, 2.75) is 6.54 Å². The fourth-order valence-corrected chi connectivity index (χ4v) is 2.62. The number of rotatable bonds is 8. The molecule has 0 radical (unpaired) electrons. The van der Waals surface area contributed by atoms with E-state index in [-0.39, 0.29) is 12.5 Å². The number of carbonyl (C=O) groups is 1. The van der Waals surface area contributed by atoms with Crippen LogP contribution in [-0.2, 0) is 11.3 Å². The first kappa shape index (κ1) is 23.6. The number of ether oxygens (including phenoxy) is 3. The van der Waals surface area contributed by atoms with Gasteiger partial charge in [-0.05, 0) is 29.8 Å². The van der Waals surface area contributed by atoms with E-state index in [2.05, 4.69) is 20.9 Å². The van der Waals surface area contributed by atoms with Crippen LogP contribution in [0.5, 0.6) is 17.2 Å². The zero-order valence-electron chi connectivity index (χ0n) is 17.4. The maximum atomic E-state index is 13.7. The van der Waals surface area contributed by atoms with Crippen molar-refractivity contribution in [1.82, 2.24) is 10.6 Å². The van der Waals surface area contributed by atoms with Crippen molar-refractivity contribution in [3.05, 3.63) is 47.3 Å². The van der Waals surface area contributed by atoms with E-state index in [1.165, 1.54) is 28.4 Å². The van der Waals surface area contributed by atoms with Gasteiger partial charge in [0.25, 0.3) is 0 Å². The van der Waals surface area contributed by atoms with Crippen LogP contribution in [0, 0.1) is 17.5 Å². The van der Waals surface area contributed by atoms with E-state index >= 15 is 0 Å². The predicted molar refractivity (Wildman–Crippen MR) is 109 cm³/mol. The molecule has 0 aliphatic rings. The van der Waals surface area contributed by atoms with E-state index < -0.39 is 29.0 Å². The van der Waals surface area contributed by atoms with Gasteiger partial charge in [0.15, 0.2) is 34.9 Å². The molecule has 0 saturated heterocycles. The average Bonchev–Trinajstić information content (AvgIpc) is 2.78. The first-order chi connectivity index (χ1) is 14.8. The van der Waals surface area contributed by atoms with Crippen LogP contribution in [-0.4, -0.2) is 46.8 Å². The van der Waals surface area contributed by atoms with Crippen molar-refractivity contribution >= 4 is 17.6 Å². The van der Waals surface area contributed by atoms with Crippen molar-refractivity contribution in [3.8, 4) is 17.2 Å². The fraction of sp³-hybridized carbons (Fsp3) is 0.300. The standard InChI is InChI=1S/C20H23F3N4O4/c1-24-20(25-9-11-7-14(29-2)19(31-4)15(8-11)30-3)26-10-16(28)27-13-6-5-12(21)17(22)18(13)23/h5-8H,9-10H2,1-4H3,(H,27,28)(H2,24,25,26). The second-order valence-electron chi connectivity index (χ2n) is 6.08. The Morgan fingerprint density at radius 2 is 1.61 bits per heavy atom. The molecule has 31 heavy (non-hydrogen) atoms. The Bertz CT molecular complexity index is 945. The smallest absolute Gasteiger partial charge is 0.243 e. The Morgan fingerprint density at radius 3 is 2.16 bits per heavy atom. The van der Waals surface area contributed by atoms with Gasteiger partial charge in [-0.15, -0.1) is 0 Å². The minimum absolute atomic E-state index is 0.273. The molecule has 8 nitrogen and oxygen atoms in total. The minimum atomic E-state index is -1.66. The van der Waals surface area contributed by atoms with Crippen LogP contribution in [0.3, 0.4) is 0 Å². The average molecular weight is 440 g/mol. The molecule has 11 heteroatoms. The highest BCUT2D eigenvalue weighted by Crippen LogP contribution is 2.38. The van der Waals surface area contributed by atoms with Crippen molar-refractivity contribution in [3.63, 3.8) is 0 Å². The number of nitrogens with one attached hydrogen (secondary N) is 3. The van der Waals surface area contributed by atoms with Gasteiger partial charge in [0.05, 0.1) is 33.6 Å². The summed E-state index contributed by atoms with van der Waals surface area (Å²) in [6.45, 7) is 0.00315. The molecule has 1 amide bonds. The Balaban J connectivity index is 1.96. The largest absolute Gasteiger partial charge is 0.493 e. The van der Waals surface area contributed by atoms with Crippen LogP contribution >= 0.6 is 0 Å². The maximum absolute atomic E-state index is 13.7. The predicted octanol–water partition coefficient (Wildman–Crippen LogP) is 2.43. The number of nitrogens with zero attached hydrogens (tertiary/aromatic N) is 1. The normalized spacial score (nSPS) is 11.0. The van der Waals surface area contributed by atoms with Crippen LogP contribution < -0.4 is 30.2 Å². The zero-order chi connectivity index (χ0) is 23.0. The lowest BCUT2D eigenvalue weighted by Crippen LogP contribution is -2.41. The minimum Gasteiger partial charge on any atom is -0.493 e. The third-order valence-corrected chi connectivity index (χ3v) is 4.13. The first-order valence-electron chi connectivity index (χ1n) is 9.01. The lowest BCUT2D eigenvalue weighted by atomic mass is 10.2. The molecule has 2 aromatic carbocycles. The lowest BCUT2D eigenvalue weighted by molar-refractivity contribution is -0.115. The van der Waals surface area contributed by atoms with Crippen molar-refractivity contribution in [2.75, 3.05) is 40.2 Å². The van der Waals surface area contributed by atoms with Crippen molar-refractivity contribution in [1.29, 1.82) is 0 Å².